The molecule has 2 saturated heterocycles. The summed E-state index contributed by atoms with van der Waals surface area (Å²) in [5.41, 5.74) is 0.0413. The minimum Gasteiger partial charge on any atom is -0.354 e. The Morgan fingerprint density at radius 2 is 1.52 bits per heavy atom. The quantitative estimate of drug-likeness (QED) is 0.632. The normalized spacial score (nSPS) is 19.1. The molecule has 2 fully saturated rings. The zero-order chi connectivity index (χ0) is 19.8. The fourth-order valence-electron chi connectivity index (χ4n) is 3.34. The van der Waals surface area contributed by atoms with Crippen molar-refractivity contribution in [1.29, 1.82) is 0 Å². The van der Waals surface area contributed by atoms with Gasteiger partial charge in [-0.05, 0) is 33.8 Å². The van der Waals surface area contributed by atoms with E-state index in [0.717, 1.165) is 51.1 Å². The maximum Gasteiger partial charge on any atom is 0.287 e. The monoisotopic (exact) mass is 378 g/mol. The van der Waals surface area contributed by atoms with Gasteiger partial charge in [-0.25, -0.2) is 4.98 Å². The number of rotatable bonds is 4. The molecule has 27 heavy (non-hydrogen) atoms. The van der Waals surface area contributed by atoms with Crippen molar-refractivity contribution in [1.82, 2.24) is 20.1 Å². The largest absolute Gasteiger partial charge is 0.354 e. The first-order chi connectivity index (χ1) is 12.9. The third kappa shape index (κ3) is 6.71. The van der Waals surface area contributed by atoms with Gasteiger partial charge in [-0.3, -0.25) is 19.9 Å². The molecular formula is C19H34N6O2. The molecule has 0 bridgehead atoms. The number of hydrogen-bond donors (Lipinski definition) is 1. The lowest BCUT2D eigenvalue weighted by molar-refractivity contribution is -0.385. The molecule has 152 valence electrons. The highest BCUT2D eigenvalue weighted by Crippen LogP contribution is 2.17. The molecule has 0 amide bonds. The minimum absolute atomic E-state index is 0.0413. The summed E-state index contributed by atoms with van der Waals surface area (Å²) < 4.78 is 0. The zero-order valence-corrected chi connectivity index (χ0v) is 17.1. The number of pyridine rings is 1. The molecule has 2 aliphatic heterocycles. The van der Waals surface area contributed by atoms with Crippen molar-refractivity contribution in [3.8, 4) is 0 Å². The molecule has 8 nitrogen and oxygen atoms in total. The van der Waals surface area contributed by atoms with Gasteiger partial charge >= 0.3 is 0 Å². The Morgan fingerprint density at radius 1 is 0.963 bits per heavy atom. The van der Waals surface area contributed by atoms with Crippen LogP contribution in [-0.2, 0) is 0 Å². The highest BCUT2D eigenvalue weighted by atomic mass is 16.6. The van der Waals surface area contributed by atoms with Crippen LogP contribution in [0.5, 0.6) is 0 Å². The Hall–Kier alpha value is -1.77. The highest BCUT2D eigenvalue weighted by Gasteiger charge is 2.20. The highest BCUT2D eigenvalue weighted by molar-refractivity contribution is 5.43. The summed E-state index contributed by atoms with van der Waals surface area (Å²) in [7, 11) is 0. The summed E-state index contributed by atoms with van der Waals surface area (Å²) >= 11 is 0. The summed E-state index contributed by atoms with van der Waals surface area (Å²) in [5, 5.41) is 13.9. The van der Waals surface area contributed by atoms with E-state index >= 15 is 0 Å². The van der Waals surface area contributed by atoms with Gasteiger partial charge in [0.05, 0.1) is 4.92 Å². The van der Waals surface area contributed by atoms with Crippen LogP contribution < -0.4 is 10.2 Å². The van der Waals surface area contributed by atoms with Crippen molar-refractivity contribution in [3.05, 3.63) is 28.4 Å². The molecule has 2 aliphatic rings. The van der Waals surface area contributed by atoms with Crippen molar-refractivity contribution in [2.45, 2.75) is 39.8 Å². The van der Waals surface area contributed by atoms with Crippen LogP contribution in [0.4, 0.5) is 11.5 Å². The summed E-state index contributed by atoms with van der Waals surface area (Å²) in [6, 6.07) is 4.53. The third-order valence-corrected chi connectivity index (χ3v) is 5.19. The second-order valence-electron chi connectivity index (χ2n) is 7.63. The molecule has 0 spiro atoms. The average molecular weight is 379 g/mol. The SMILES string of the molecule is CC(C)N1CCN(c2ccc([N+](=O)[O-])cn2)CC1.CC(C)N1CCNCC1. The molecule has 1 N–H and O–H groups in total. The van der Waals surface area contributed by atoms with Gasteiger partial charge in [0.1, 0.15) is 12.0 Å². The maximum absolute atomic E-state index is 10.6. The summed E-state index contributed by atoms with van der Waals surface area (Å²) in [4.78, 5) is 21.4. The number of anilines is 1. The second-order valence-corrected chi connectivity index (χ2v) is 7.63. The van der Waals surface area contributed by atoms with Crippen LogP contribution in [0.15, 0.2) is 18.3 Å². The number of aromatic nitrogens is 1. The van der Waals surface area contributed by atoms with Crippen LogP contribution in [0.3, 0.4) is 0 Å². The van der Waals surface area contributed by atoms with Crippen molar-refractivity contribution < 1.29 is 4.92 Å². The Morgan fingerprint density at radius 3 is 1.93 bits per heavy atom. The predicted octanol–water partition coefficient (Wildman–Crippen LogP) is 1.82. The molecule has 0 saturated carbocycles. The number of piperazine rings is 2. The number of nitro groups is 1. The fourth-order valence-corrected chi connectivity index (χ4v) is 3.34. The van der Waals surface area contributed by atoms with Gasteiger partial charge < -0.3 is 10.2 Å². The first-order valence-corrected chi connectivity index (χ1v) is 9.92. The Labute approximate surface area is 162 Å². The van der Waals surface area contributed by atoms with E-state index in [1.807, 2.05) is 0 Å². The Kier molecular flexibility index (Phi) is 8.40. The lowest BCUT2D eigenvalue weighted by Gasteiger charge is -2.37. The lowest BCUT2D eigenvalue weighted by atomic mass is 10.2. The molecule has 0 radical (unpaired) electrons. The molecule has 0 unspecified atom stereocenters. The van der Waals surface area contributed by atoms with E-state index in [1.165, 1.54) is 25.4 Å². The van der Waals surface area contributed by atoms with E-state index in [4.69, 9.17) is 0 Å². The predicted molar refractivity (Wildman–Crippen MR) is 109 cm³/mol. The molecule has 3 rings (SSSR count). The topological polar surface area (TPSA) is 77.8 Å². The van der Waals surface area contributed by atoms with Crippen LogP contribution in [-0.4, -0.2) is 84.1 Å². The van der Waals surface area contributed by atoms with Gasteiger partial charge in [0.25, 0.3) is 5.69 Å². The van der Waals surface area contributed by atoms with Crippen molar-refractivity contribution >= 4 is 11.5 Å². The molecule has 0 aliphatic carbocycles. The van der Waals surface area contributed by atoms with Crippen molar-refractivity contribution in [2.75, 3.05) is 57.3 Å². The fraction of sp³-hybridized carbons (Fsp3) is 0.737. The minimum atomic E-state index is -0.423. The zero-order valence-electron chi connectivity index (χ0n) is 17.1. The number of nitrogens with one attached hydrogen (secondary N) is 1. The summed E-state index contributed by atoms with van der Waals surface area (Å²) in [5.74, 6) is 0.823. The van der Waals surface area contributed by atoms with Crippen LogP contribution in [0.1, 0.15) is 27.7 Å². The van der Waals surface area contributed by atoms with Crippen molar-refractivity contribution in [3.63, 3.8) is 0 Å². The second kappa shape index (κ2) is 10.5. The van der Waals surface area contributed by atoms with Gasteiger partial charge in [-0.2, -0.15) is 0 Å². The molecule has 1 aromatic rings. The average Bonchev–Trinajstić information content (AvgIpc) is 2.69. The molecule has 3 heterocycles. The summed E-state index contributed by atoms with van der Waals surface area (Å²) in [6.07, 6.45) is 1.32. The first kappa shape index (κ1) is 21.5. The maximum atomic E-state index is 10.6. The Bertz CT molecular complexity index is 564. The van der Waals surface area contributed by atoms with E-state index < -0.39 is 4.92 Å². The smallest absolute Gasteiger partial charge is 0.287 e. The van der Waals surface area contributed by atoms with Gasteiger partial charge in [-0.15, -0.1) is 0 Å². The van der Waals surface area contributed by atoms with E-state index in [2.05, 4.69) is 52.7 Å². The molecule has 8 heteroatoms. The van der Waals surface area contributed by atoms with Gasteiger partial charge in [0.2, 0.25) is 0 Å². The van der Waals surface area contributed by atoms with E-state index in [1.54, 1.807) is 6.07 Å². The van der Waals surface area contributed by atoms with Gasteiger partial charge in [0, 0.05) is 70.5 Å². The molecule has 0 aromatic carbocycles. The van der Waals surface area contributed by atoms with Gasteiger partial charge in [-0.1, -0.05) is 0 Å². The Balaban J connectivity index is 0.000000244. The van der Waals surface area contributed by atoms with E-state index in [-0.39, 0.29) is 5.69 Å². The van der Waals surface area contributed by atoms with E-state index in [9.17, 15) is 10.1 Å². The van der Waals surface area contributed by atoms with Crippen LogP contribution >= 0.6 is 0 Å². The van der Waals surface area contributed by atoms with Crippen LogP contribution in [0, 0.1) is 10.1 Å². The number of nitrogens with zero attached hydrogens (tertiary/aromatic N) is 5. The van der Waals surface area contributed by atoms with Crippen LogP contribution in [0.2, 0.25) is 0 Å². The molecular weight excluding hydrogens is 344 g/mol. The molecule has 0 atom stereocenters. The van der Waals surface area contributed by atoms with Crippen molar-refractivity contribution in [2.24, 2.45) is 0 Å². The van der Waals surface area contributed by atoms with Gasteiger partial charge in [0.15, 0.2) is 0 Å². The summed E-state index contributed by atoms with van der Waals surface area (Å²) in [6.45, 7) is 17.5. The van der Waals surface area contributed by atoms with E-state index in [0.29, 0.717) is 6.04 Å². The third-order valence-electron chi connectivity index (χ3n) is 5.19. The number of hydrogen-bond acceptors (Lipinski definition) is 7. The first-order valence-electron chi connectivity index (χ1n) is 9.92. The standard InChI is InChI=1S/C12H18N4O2.C7H16N2/c1-10(2)14-5-7-15(8-6-14)12-4-3-11(9-13-12)16(17)18;1-7(2)9-5-3-8-4-6-9/h3-4,9-10H,5-8H2,1-2H3;7-8H,3-6H2,1-2H3. The van der Waals surface area contributed by atoms with Crippen LogP contribution in [0.25, 0.3) is 0 Å². The lowest BCUT2D eigenvalue weighted by Crippen LogP contribution is -2.49. The molecule has 1 aromatic heterocycles.